The first kappa shape index (κ1) is 18.8. The van der Waals surface area contributed by atoms with Gasteiger partial charge in [-0.15, -0.1) is 0 Å². The van der Waals surface area contributed by atoms with Gasteiger partial charge in [0.25, 0.3) is 5.91 Å². The van der Waals surface area contributed by atoms with E-state index in [4.69, 9.17) is 9.15 Å². The summed E-state index contributed by atoms with van der Waals surface area (Å²) in [6.07, 6.45) is 4.76. The molecule has 1 aromatic heterocycles. The second-order valence-electron chi connectivity index (χ2n) is 6.37. The number of hydrogen-bond acceptors (Lipinski definition) is 4. The van der Waals surface area contributed by atoms with Crippen LogP contribution in [0.3, 0.4) is 0 Å². The normalized spacial score (nSPS) is 20.0. The van der Waals surface area contributed by atoms with Crippen LogP contribution in [0.4, 0.5) is 8.78 Å². The molecule has 0 aliphatic heterocycles. The van der Waals surface area contributed by atoms with E-state index in [9.17, 15) is 13.6 Å². The third kappa shape index (κ3) is 5.00. The number of carbonyl (C=O) groups is 1. The molecule has 1 aromatic carbocycles. The highest BCUT2D eigenvalue weighted by atomic mass is 32.2. The van der Waals surface area contributed by atoms with Gasteiger partial charge in [0.1, 0.15) is 23.1 Å². The fourth-order valence-electron chi connectivity index (χ4n) is 3.09. The first-order chi connectivity index (χ1) is 12.5. The van der Waals surface area contributed by atoms with Crippen LogP contribution in [0.15, 0.2) is 34.7 Å². The van der Waals surface area contributed by atoms with Crippen LogP contribution in [0.5, 0.6) is 5.75 Å². The Balaban J connectivity index is 1.47. The van der Waals surface area contributed by atoms with Gasteiger partial charge in [-0.2, -0.15) is 11.8 Å². The molecular formula is C19H21F2NO3S. The van der Waals surface area contributed by atoms with Gasteiger partial charge in [0, 0.05) is 24.2 Å². The molecule has 0 unspecified atom stereocenters. The van der Waals surface area contributed by atoms with Gasteiger partial charge < -0.3 is 14.5 Å². The Bertz CT molecular complexity index is 737. The number of nitrogens with one attached hydrogen (secondary N) is 1. The molecule has 0 radical (unpaired) electrons. The van der Waals surface area contributed by atoms with E-state index in [2.05, 4.69) is 5.32 Å². The average molecular weight is 381 g/mol. The zero-order valence-electron chi connectivity index (χ0n) is 14.5. The maximum atomic E-state index is 13.2. The SMILES string of the molecule is CSCc1ccc(C(=O)NC2CCC(Oc3cc(F)cc(F)c3)CC2)o1. The van der Waals surface area contributed by atoms with Crippen LogP contribution in [0, 0.1) is 11.6 Å². The van der Waals surface area contributed by atoms with E-state index < -0.39 is 11.6 Å². The molecular weight excluding hydrogens is 360 g/mol. The number of rotatable bonds is 6. The minimum Gasteiger partial charge on any atom is -0.490 e. The molecule has 1 amide bonds. The number of thioether (sulfide) groups is 1. The molecule has 0 bridgehead atoms. The Kier molecular flexibility index (Phi) is 6.19. The molecule has 140 valence electrons. The predicted octanol–water partition coefficient (Wildman–Crippen LogP) is 4.54. The molecule has 1 saturated carbocycles. The van der Waals surface area contributed by atoms with E-state index in [0.717, 1.165) is 30.4 Å². The highest BCUT2D eigenvalue weighted by Gasteiger charge is 2.25. The third-order valence-corrected chi connectivity index (χ3v) is 4.89. The molecule has 4 nitrogen and oxygen atoms in total. The second-order valence-corrected chi connectivity index (χ2v) is 7.24. The molecule has 1 heterocycles. The van der Waals surface area contributed by atoms with Crippen LogP contribution in [-0.2, 0) is 5.75 Å². The number of amides is 1. The maximum absolute atomic E-state index is 13.2. The van der Waals surface area contributed by atoms with Gasteiger partial charge in [0.05, 0.1) is 11.9 Å². The van der Waals surface area contributed by atoms with Crippen molar-refractivity contribution in [3.05, 3.63) is 53.5 Å². The summed E-state index contributed by atoms with van der Waals surface area (Å²) >= 11 is 1.63. The van der Waals surface area contributed by atoms with Crippen molar-refractivity contribution >= 4 is 17.7 Å². The van der Waals surface area contributed by atoms with E-state index >= 15 is 0 Å². The molecule has 26 heavy (non-hydrogen) atoms. The third-order valence-electron chi connectivity index (χ3n) is 4.32. The van der Waals surface area contributed by atoms with Gasteiger partial charge in [0.2, 0.25) is 0 Å². The van der Waals surface area contributed by atoms with E-state index in [1.165, 1.54) is 12.1 Å². The lowest BCUT2D eigenvalue weighted by molar-refractivity contribution is 0.0865. The number of carbonyl (C=O) groups excluding carboxylic acids is 1. The fourth-order valence-corrected chi connectivity index (χ4v) is 3.53. The highest BCUT2D eigenvalue weighted by Crippen LogP contribution is 2.25. The zero-order chi connectivity index (χ0) is 18.5. The van der Waals surface area contributed by atoms with Crippen LogP contribution >= 0.6 is 11.8 Å². The summed E-state index contributed by atoms with van der Waals surface area (Å²) in [6, 6.07) is 6.72. The largest absolute Gasteiger partial charge is 0.490 e. The topological polar surface area (TPSA) is 51.5 Å². The first-order valence-electron chi connectivity index (χ1n) is 8.55. The number of furan rings is 1. The lowest BCUT2D eigenvalue weighted by Crippen LogP contribution is -2.39. The molecule has 0 atom stereocenters. The summed E-state index contributed by atoms with van der Waals surface area (Å²) < 4.78 is 37.6. The van der Waals surface area contributed by atoms with E-state index in [1.807, 2.05) is 12.3 Å². The van der Waals surface area contributed by atoms with Crippen molar-refractivity contribution in [1.29, 1.82) is 0 Å². The summed E-state index contributed by atoms with van der Waals surface area (Å²) in [7, 11) is 0. The Morgan fingerprint density at radius 1 is 1.19 bits per heavy atom. The molecule has 1 aliphatic rings. The summed E-state index contributed by atoms with van der Waals surface area (Å²) in [5, 5.41) is 2.98. The van der Waals surface area contributed by atoms with Crippen molar-refractivity contribution in [3.8, 4) is 5.75 Å². The van der Waals surface area contributed by atoms with Crippen LogP contribution < -0.4 is 10.1 Å². The summed E-state index contributed by atoms with van der Waals surface area (Å²) in [5.41, 5.74) is 0. The number of halogens is 2. The lowest BCUT2D eigenvalue weighted by Gasteiger charge is -2.29. The first-order valence-corrected chi connectivity index (χ1v) is 9.94. The van der Waals surface area contributed by atoms with E-state index in [0.29, 0.717) is 18.6 Å². The van der Waals surface area contributed by atoms with Gasteiger partial charge >= 0.3 is 0 Å². The Morgan fingerprint density at radius 3 is 2.54 bits per heavy atom. The Labute approximate surface area is 155 Å². The summed E-state index contributed by atoms with van der Waals surface area (Å²) in [5.74, 6) is 0.516. The van der Waals surface area contributed by atoms with Crippen LogP contribution in [0.25, 0.3) is 0 Å². The lowest BCUT2D eigenvalue weighted by atomic mass is 9.93. The van der Waals surface area contributed by atoms with Gasteiger partial charge in [-0.25, -0.2) is 8.78 Å². The predicted molar refractivity (Wildman–Crippen MR) is 96.4 cm³/mol. The van der Waals surface area contributed by atoms with Crippen molar-refractivity contribution < 1.29 is 22.7 Å². The van der Waals surface area contributed by atoms with E-state index in [1.54, 1.807) is 17.8 Å². The number of hydrogen-bond donors (Lipinski definition) is 1. The van der Waals surface area contributed by atoms with Gasteiger partial charge in [0.15, 0.2) is 5.76 Å². The van der Waals surface area contributed by atoms with Crippen molar-refractivity contribution in [2.45, 2.75) is 43.6 Å². The Morgan fingerprint density at radius 2 is 1.88 bits per heavy atom. The number of benzene rings is 1. The van der Waals surface area contributed by atoms with Gasteiger partial charge in [-0.05, 0) is 44.1 Å². The molecule has 0 spiro atoms. The molecule has 7 heteroatoms. The second kappa shape index (κ2) is 8.58. The molecule has 1 aliphatic carbocycles. The van der Waals surface area contributed by atoms with Crippen molar-refractivity contribution in [1.82, 2.24) is 5.32 Å². The van der Waals surface area contributed by atoms with Gasteiger partial charge in [-0.1, -0.05) is 0 Å². The summed E-state index contributed by atoms with van der Waals surface area (Å²) in [6.45, 7) is 0. The van der Waals surface area contributed by atoms with Crippen molar-refractivity contribution in [2.24, 2.45) is 0 Å². The molecule has 1 N–H and O–H groups in total. The quantitative estimate of drug-likeness (QED) is 0.798. The fraction of sp³-hybridized carbons (Fsp3) is 0.421. The standard InChI is InChI=1S/C19H21F2NO3S/c1-26-11-16-6-7-18(25-16)19(23)22-14-2-4-15(5-3-14)24-17-9-12(20)8-13(21)10-17/h6-10,14-15H,2-5,11H2,1H3,(H,22,23). The zero-order valence-corrected chi connectivity index (χ0v) is 15.3. The van der Waals surface area contributed by atoms with Crippen LogP contribution in [0.1, 0.15) is 42.0 Å². The van der Waals surface area contributed by atoms with Crippen LogP contribution in [0.2, 0.25) is 0 Å². The molecule has 3 rings (SSSR count). The van der Waals surface area contributed by atoms with Gasteiger partial charge in [-0.3, -0.25) is 4.79 Å². The molecule has 1 fully saturated rings. The molecule has 0 saturated heterocycles. The van der Waals surface area contributed by atoms with E-state index in [-0.39, 0.29) is 23.8 Å². The Hall–Kier alpha value is -2.02. The monoisotopic (exact) mass is 381 g/mol. The average Bonchev–Trinajstić information content (AvgIpc) is 3.05. The smallest absolute Gasteiger partial charge is 0.287 e. The molecule has 2 aromatic rings. The van der Waals surface area contributed by atoms with Crippen molar-refractivity contribution in [3.63, 3.8) is 0 Å². The maximum Gasteiger partial charge on any atom is 0.287 e. The highest BCUT2D eigenvalue weighted by molar-refractivity contribution is 7.97. The number of ether oxygens (including phenoxy) is 1. The minimum absolute atomic E-state index is 0.0423. The minimum atomic E-state index is -0.653. The summed E-state index contributed by atoms with van der Waals surface area (Å²) in [4.78, 5) is 12.3. The van der Waals surface area contributed by atoms with Crippen molar-refractivity contribution in [2.75, 3.05) is 6.26 Å². The van der Waals surface area contributed by atoms with Crippen LogP contribution in [-0.4, -0.2) is 24.3 Å².